The van der Waals surface area contributed by atoms with Gasteiger partial charge < -0.3 is 37.9 Å². The Bertz CT molecular complexity index is 3050. The van der Waals surface area contributed by atoms with Gasteiger partial charge in [-0.15, -0.1) is 0 Å². The Morgan fingerprint density at radius 1 is 0.416 bits per heavy atom. The van der Waals surface area contributed by atoms with Gasteiger partial charge in [-0.3, -0.25) is 4.79 Å². The van der Waals surface area contributed by atoms with Crippen molar-refractivity contribution in [3.05, 3.63) is 63.5 Å². The van der Waals surface area contributed by atoms with Crippen molar-refractivity contribution in [2.45, 2.75) is 231 Å². The van der Waals surface area contributed by atoms with Crippen molar-refractivity contribution in [1.82, 2.24) is 0 Å². The number of methoxy groups -OCH3 is 1. The minimum Gasteiger partial charge on any atom is -0.444 e. The van der Waals surface area contributed by atoms with Crippen LogP contribution in [0.4, 0.5) is 0 Å². The zero-order valence-corrected chi connectivity index (χ0v) is 93.2. The van der Waals surface area contributed by atoms with Crippen LogP contribution in [0.2, 0.25) is 0 Å². The van der Waals surface area contributed by atoms with Crippen molar-refractivity contribution in [3.8, 4) is 0 Å². The number of alkyl halides is 20. The number of hydrogen-bond acceptors (Lipinski definition) is 15. The summed E-state index contributed by atoms with van der Waals surface area (Å²) in [5.74, 6) is -3.06. The lowest BCUT2D eigenvalue weighted by atomic mass is 9.96. The minimum atomic E-state index is -0.911. The first-order valence-electron chi connectivity index (χ1n) is 30.8. The normalized spacial score (nSPS) is 28.8. The van der Waals surface area contributed by atoms with Crippen molar-refractivity contribution in [2.75, 3.05) is 17.8 Å². The second-order valence-corrected chi connectivity index (χ2v) is 51.6. The van der Waals surface area contributed by atoms with Crippen LogP contribution in [0.1, 0.15) is 170 Å². The van der Waals surface area contributed by atoms with E-state index in [4.69, 9.17) is 37.9 Å². The first-order chi connectivity index (χ1) is 46.7. The summed E-state index contributed by atoms with van der Waals surface area (Å²) in [6.45, 7) is 14.3. The molecule has 0 aromatic rings. The fourth-order valence-electron chi connectivity index (χ4n) is 9.46. The second-order valence-electron chi connectivity index (χ2n) is 22.5. The molecule has 7 aliphatic rings. The Hall–Kier alpha value is 6.21. The summed E-state index contributed by atoms with van der Waals surface area (Å²) in [7, 11) is 1.54. The number of carbonyl (C=O) groups excluding carboxylic acids is 7. The second kappa shape index (κ2) is 49.4. The largest absolute Gasteiger partial charge is 0.444 e. The number of halogens is 24. The van der Waals surface area contributed by atoms with Gasteiger partial charge in [-0.2, -0.15) is 0 Å². The Morgan fingerprint density at radius 3 is 1.15 bits per heavy atom. The fourth-order valence-corrected chi connectivity index (χ4v) is 22.6. The monoisotopic (exact) mass is 2950 g/mol. The zero-order chi connectivity index (χ0) is 78.2. The van der Waals surface area contributed by atoms with Gasteiger partial charge in [0.2, 0.25) is 28.3 Å². The van der Waals surface area contributed by atoms with Gasteiger partial charge in [-0.05, 0) is 236 Å². The van der Waals surface area contributed by atoms with Crippen LogP contribution in [-0.2, 0) is 71.5 Å². The molecule has 0 spiro atoms. The molecule has 0 aliphatic carbocycles. The molecule has 9 atom stereocenters. The van der Waals surface area contributed by atoms with Crippen LogP contribution in [0.15, 0.2) is 63.5 Å². The molecular weight excluding hydrogens is 2900 g/mol. The summed E-state index contributed by atoms with van der Waals surface area (Å²) in [6, 6.07) is 0. The molecule has 0 aromatic heterocycles. The summed E-state index contributed by atoms with van der Waals surface area (Å²) in [5, 5.41) is 1.01. The van der Waals surface area contributed by atoms with Crippen molar-refractivity contribution in [3.63, 3.8) is 0 Å². The predicted octanol–water partition coefficient (Wildman–Crippen LogP) is 28.0. The molecule has 7 aliphatic heterocycles. The molecule has 39 heteroatoms. The molecular formula is C62H74Br24O15. The summed E-state index contributed by atoms with van der Waals surface area (Å²) in [5.41, 5.74) is 5.48. The lowest BCUT2D eigenvalue weighted by Crippen LogP contribution is -2.46. The van der Waals surface area contributed by atoms with E-state index < -0.39 is 37.2 Å². The smallest absolute Gasteiger partial charge is 0.348 e. The van der Waals surface area contributed by atoms with Crippen molar-refractivity contribution >= 4 is 424 Å². The number of cyclic esters (lactones) is 7. The van der Waals surface area contributed by atoms with E-state index in [-0.39, 0.29) is 65.3 Å². The van der Waals surface area contributed by atoms with Crippen molar-refractivity contribution in [1.29, 1.82) is 0 Å². The molecule has 1 saturated heterocycles. The summed E-state index contributed by atoms with van der Waals surface area (Å²) in [4.78, 5) is 78.9. The lowest BCUT2D eigenvalue weighted by Gasteiger charge is -2.34. The Morgan fingerprint density at radius 2 is 0.802 bits per heavy atom. The van der Waals surface area contributed by atoms with Crippen molar-refractivity contribution < 1.29 is 71.5 Å². The van der Waals surface area contributed by atoms with Crippen LogP contribution in [0.3, 0.4) is 0 Å². The van der Waals surface area contributed by atoms with Crippen LogP contribution in [-0.4, -0.2) is 120 Å². The minimum absolute atomic E-state index is 0.115. The highest BCUT2D eigenvalue weighted by molar-refractivity contribution is 9.27. The zero-order valence-electron chi connectivity index (χ0n) is 55.2. The number of rotatable bonds is 27. The van der Waals surface area contributed by atoms with E-state index >= 15 is 0 Å². The molecule has 0 radical (unpaired) electrons. The van der Waals surface area contributed by atoms with Crippen LogP contribution >= 0.6 is 382 Å². The quantitative estimate of drug-likeness (QED) is 0.0326. The van der Waals surface area contributed by atoms with Gasteiger partial charge in [0.15, 0.2) is 4.51 Å². The highest BCUT2D eigenvalue weighted by Gasteiger charge is 2.63. The molecule has 0 N–H and O–H groups in total. The van der Waals surface area contributed by atoms with Crippen LogP contribution in [0, 0.1) is 0 Å². The highest BCUT2D eigenvalue weighted by atomic mass is 80.0. The highest BCUT2D eigenvalue weighted by Crippen LogP contribution is 2.55. The van der Waals surface area contributed by atoms with E-state index in [2.05, 4.69) is 410 Å². The summed E-state index contributed by atoms with van der Waals surface area (Å²) >= 11 is 80.8. The van der Waals surface area contributed by atoms with Crippen LogP contribution in [0.25, 0.3) is 0 Å². The maximum Gasteiger partial charge on any atom is 0.348 e. The van der Waals surface area contributed by atoms with Gasteiger partial charge in [0.1, 0.15) is 41.4 Å². The third-order valence-electron chi connectivity index (χ3n) is 15.3. The first-order valence-corrected chi connectivity index (χ1v) is 51.9. The van der Waals surface area contributed by atoms with E-state index in [0.717, 1.165) is 104 Å². The number of esters is 7. The summed E-state index contributed by atoms with van der Waals surface area (Å²) in [6.07, 6.45) is 23.4. The van der Waals surface area contributed by atoms with E-state index in [1.54, 1.807) is 6.08 Å². The Balaban J connectivity index is 0.000000592. The summed E-state index contributed by atoms with van der Waals surface area (Å²) < 4.78 is 38.4. The molecule has 15 nitrogen and oxygen atoms in total. The van der Waals surface area contributed by atoms with Gasteiger partial charge in [-0.25, -0.2) is 28.8 Å². The van der Waals surface area contributed by atoms with E-state index in [9.17, 15) is 33.6 Å². The number of hydrogen-bond donors (Lipinski definition) is 0. The average Bonchev–Trinajstić information content (AvgIpc) is 1.61. The molecule has 0 amide bonds. The predicted molar refractivity (Wildman–Crippen MR) is 490 cm³/mol. The van der Waals surface area contributed by atoms with Gasteiger partial charge in [-0.1, -0.05) is 328 Å². The SMILES string of the molecule is CC1=C(Br)C(=O)OC1(Br)C(Br)Br.CC1=CC(=O)OC1(Br)C(Br)Br.CCCC1(Br)C(Br)C(=O)OC1(Br)CBr.CCCC1=C(Br)C(=O)OC1(CBr)OC.CCCCC1=C(Br)C(=O)OC1(Br)C(Br)Br.CCCCCCCC1=C(Br)C(=O)OC1(Br)C(Br)Br.CCCCCCCC1=CC(=O)OC1(Br)C(Br)Br. The van der Waals surface area contributed by atoms with Gasteiger partial charge in [0, 0.05) is 41.6 Å². The van der Waals surface area contributed by atoms with Gasteiger partial charge >= 0.3 is 41.8 Å². The van der Waals surface area contributed by atoms with Crippen molar-refractivity contribution in [2.24, 2.45) is 0 Å². The Labute approximate surface area is 795 Å². The topological polar surface area (TPSA) is 193 Å². The maximum atomic E-state index is 11.6. The molecule has 9 unspecified atom stereocenters. The van der Waals surface area contributed by atoms with E-state index in [0.29, 0.717) is 28.6 Å². The lowest BCUT2D eigenvalue weighted by molar-refractivity contribution is -0.183. The Kier molecular flexibility index (Phi) is 51.5. The van der Waals surface area contributed by atoms with E-state index in [1.807, 2.05) is 20.8 Å². The standard InChI is InChI=1S/C12H16Br4O2.C12H17Br3O2.C9H10Br4O2.C9H12Br2O3.C8H10Br4O2.C6H4Br4O2.C6H5Br3O2/c1-2-3-4-5-6-7-8-9(13)10(17)18-12(8,16)11(14)15;1-2-3-4-5-6-7-9-8-10(16)17-12(9,15)11(13)14;1-2-3-4-5-6(10)7(14)15-9(5,13)8(11)12;1-3-4-6-7(11)8(12)14-9(6,5-10)13-2;1-2-3-7(11)5(10)6(13)14-8(7,12)4-9;1-2-3(7)4(11)12-6(2,10)5(8)9;1-3-2-4(10)11-6(3,9)5(7)8/h11H,2-7H2,1H3;8,11H,2-7H2,1H3;8H,2-4H2,1H3;3-5H2,1-2H3;5H,2-4H2,1H3;5H,1H3;2,5H,1H3. The fraction of sp³-hybridized carbons (Fsp3) is 0.694. The maximum absolute atomic E-state index is 11.6. The third-order valence-corrected chi connectivity index (χ3v) is 44.2. The molecule has 580 valence electrons. The molecule has 101 heavy (non-hydrogen) atoms. The molecule has 0 bridgehead atoms. The third kappa shape index (κ3) is 28.8. The number of ether oxygens (including phenoxy) is 8. The molecule has 1 fully saturated rings. The molecule has 0 aromatic carbocycles. The number of unbranched alkanes of at least 4 members (excludes halogenated alkanes) is 9. The average molecular weight is 2980 g/mol. The van der Waals surface area contributed by atoms with Crippen LogP contribution in [0.5, 0.6) is 0 Å². The van der Waals surface area contributed by atoms with Crippen LogP contribution < -0.4 is 0 Å². The molecule has 7 rings (SSSR count). The first kappa shape index (κ1) is 105. The number of carbonyl (C=O) groups is 7. The van der Waals surface area contributed by atoms with E-state index in [1.165, 1.54) is 64.6 Å². The van der Waals surface area contributed by atoms with Gasteiger partial charge in [0.25, 0.3) is 0 Å². The molecule has 7 heterocycles. The van der Waals surface area contributed by atoms with Gasteiger partial charge in [0.05, 0.1) is 15.0 Å². The molecule has 0 saturated carbocycles.